The van der Waals surface area contributed by atoms with Crippen molar-refractivity contribution >= 4 is 10.8 Å². The molecule has 0 aromatic carbocycles. The van der Waals surface area contributed by atoms with Crippen molar-refractivity contribution in [3.8, 4) is 0 Å². The molecule has 1 saturated heterocycles. The van der Waals surface area contributed by atoms with Crippen molar-refractivity contribution in [1.82, 2.24) is 9.47 Å². The summed E-state index contributed by atoms with van der Waals surface area (Å²) in [5, 5.41) is 10.2. The molecule has 3 rings (SSSR count). The van der Waals surface area contributed by atoms with E-state index < -0.39 is 16.9 Å². The van der Waals surface area contributed by atoms with Gasteiger partial charge in [0.15, 0.2) is 0 Å². The molecule has 1 aromatic heterocycles. The molecule has 4 atom stereocenters. The van der Waals surface area contributed by atoms with Crippen molar-refractivity contribution in [2.24, 2.45) is 5.92 Å². The summed E-state index contributed by atoms with van der Waals surface area (Å²) in [5.74, 6) is 1.53. The highest BCUT2D eigenvalue weighted by molar-refractivity contribution is 7.85. The first-order chi connectivity index (χ1) is 11.1. The van der Waals surface area contributed by atoms with Gasteiger partial charge < -0.3 is 9.67 Å². The molecule has 2 bridgehead atoms. The topological polar surface area (TPSA) is 62.5 Å². The summed E-state index contributed by atoms with van der Waals surface area (Å²) in [7, 11) is -1.04. The molecule has 0 aliphatic carbocycles. The molecule has 2 aliphatic rings. The van der Waals surface area contributed by atoms with Gasteiger partial charge in [-0.05, 0) is 18.4 Å². The third-order valence-electron chi connectivity index (χ3n) is 4.71. The lowest BCUT2D eigenvalue weighted by Gasteiger charge is -2.43. The minimum atomic E-state index is -1.04. The van der Waals surface area contributed by atoms with Gasteiger partial charge in [-0.1, -0.05) is 12.1 Å². The number of fused-ring (bicyclic) bond motifs is 4. The molecular formula is C17H24N2O3S. The zero-order valence-corrected chi connectivity index (χ0v) is 14.1. The number of hydrogen-bond donors (Lipinski definition) is 1. The van der Waals surface area contributed by atoms with Crippen molar-refractivity contribution in [3.63, 3.8) is 0 Å². The Labute approximate surface area is 139 Å². The van der Waals surface area contributed by atoms with Crippen molar-refractivity contribution in [3.05, 3.63) is 46.9 Å². The molecule has 6 heteroatoms. The van der Waals surface area contributed by atoms with E-state index in [4.69, 9.17) is 0 Å². The van der Waals surface area contributed by atoms with E-state index in [1.807, 2.05) is 16.7 Å². The maximum Gasteiger partial charge on any atom is 0.250 e. The highest BCUT2D eigenvalue weighted by Crippen LogP contribution is 2.34. The average Bonchev–Trinajstić information content (AvgIpc) is 2.48. The summed E-state index contributed by atoms with van der Waals surface area (Å²) >= 11 is 0. The van der Waals surface area contributed by atoms with E-state index in [2.05, 4.69) is 11.5 Å². The number of hydrogen-bond acceptors (Lipinski definition) is 4. The highest BCUT2D eigenvalue weighted by Gasteiger charge is 2.34. The van der Waals surface area contributed by atoms with Crippen LogP contribution >= 0.6 is 0 Å². The minimum absolute atomic E-state index is 0.0884. The first-order valence-corrected chi connectivity index (χ1v) is 9.61. The maximum absolute atomic E-state index is 12.0. The van der Waals surface area contributed by atoms with Gasteiger partial charge in [0.05, 0.1) is 11.9 Å². The fourth-order valence-electron chi connectivity index (χ4n) is 3.91. The van der Waals surface area contributed by atoms with E-state index in [-0.39, 0.29) is 5.56 Å². The van der Waals surface area contributed by atoms with E-state index >= 15 is 0 Å². The summed E-state index contributed by atoms with van der Waals surface area (Å²) in [4.78, 5) is 14.3. The second-order valence-corrected chi connectivity index (χ2v) is 8.18. The Morgan fingerprint density at radius 3 is 3.00 bits per heavy atom. The van der Waals surface area contributed by atoms with Crippen molar-refractivity contribution in [2.45, 2.75) is 25.0 Å². The first-order valence-electron chi connectivity index (χ1n) is 8.13. The van der Waals surface area contributed by atoms with Crippen molar-refractivity contribution in [1.29, 1.82) is 0 Å². The standard InChI is InChI=1S/C17H24N2O3S/c1-2-6-23(22)12-15(20)11-18-8-13-7-14(10-18)16-4-3-5-17(21)19(16)9-13/h2-5,13-15,20H,1,6-12H2/t13-,14-,15?,23?/m0/s1. The zero-order valence-electron chi connectivity index (χ0n) is 13.3. The normalized spacial score (nSPS) is 26.3. The van der Waals surface area contributed by atoms with Gasteiger partial charge in [-0.2, -0.15) is 0 Å². The highest BCUT2D eigenvalue weighted by atomic mass is 32.2. The van der Waals surface area contributed by atoms with E-state index in [1.165, 1.54) is 0 Å². The fourth-order valence-corrected chi connectivity index (χ4v) is 4.84. The first kappa shape index (κ1) is 16.6. The smallest absolute Gasteiger partial charge is 0.250 e. The Morgan fingerprint density at radius 1 is 1.39 bits per heavy atom. The Bertz CT molecular complexity index is 657. The van der Waals surface area contributed by atoms with Crippen LogP contribution in [0.25, 0.3) is 0 Å². The predicted octanol–water partition coefficient (Wildman–Crippen LogP) is 0.563. The van der Waals surface area contributed by atoms with Gasteiger partial charge >= 0.3 is 0 Å². The van der Waals surface area contributed by atoms with E-state index in [9.17, 15) is 14.1 Å². The summed E-state index contributed by atoms with van der Waals surface area (Å²) in [6, 6.07) is 5.50. The van der Waals surface area contributed by atoms with E-state index in [1.54, 1.807) is 12.1 Å². The van der Waals surface area contributed by atoms with Crippen LogP contribution in [0.15, 0.2) is 35.6 Å². The minimum Gasteiger partial charge on any atom is -0.391 e. The van der Waals surface area contributed by atoms with Crippen LogP contribution in [0.1, 0.15) is 18.0 Å². The summed E-state index contributed by atoms with van der Waals surface area (Å²) in [6.45, 7) is 6.63. The van der Waals surface area contributed by atoms with Gasteiger partial charge in [-0.25, -0.2) is 0 Å². The molecule has 0 saturated carbocycles. The summed E-state index contributed by atoms with van der Waals surface area (Å²) in [6.07, 6.45) is 2.16. The monoisotopic (exact) mass is 336 g/mol. The molecule has 0 spiro atoms. The van der Waals surface area contributed by atoms with Gasteiger partial charge in [0, 0.05) is 60.4 Å². The Balaban J connectivity index is 1.65. The number of piperidine rings is 1. The predicted molar refractivity (Wildman–Crippen MR) is 92.1 cm³/mol. The lowest BCUT2D eigenvalue weighted by atomic mass is 9.83. The van der Waals surface area contributed by atoms with Crippen LogP contribution in [-0.4, -0.2) is 56.0 Å². The largest absolute Gasteiger partial charge is 0.391 e. The molecule has 0 amide bonds. The molecule has 5 nitrogen and oxygen atoms in total. The molecule has 1 N–H and O–H groups in total. The van der Waals surface area contributed by atoms with Crippen LogP contribution in [0.4, 0.5) is 0 Å². The Hall–Kier alpha value is -1.24. The molecule has 0 radical (unpaired) electrons. The molecule has 126 valence electrons. The third-order valence-corrected chi connectivity index (χ3v) is 6.07. The van der Waals surface area contributed by atoms with Gasteiger partial charge in [0.1, 0.15) is 0 Å². The second kappa shape index (κ2) is 7.11. The van der Waals surface area contributed by atoms with E-state index in [0.717, 1.165) is 31.7 Å². The molecule has 23 heavy (non-hydrogen) atoms. The lowest BCUT2D eigenvalue weighted by Crippen LogP contribution is -2.49. The molecule has 2 aliphatic heterocycles. The van der Waals surface area contributed by atoms with Gasteiger partial charge in [-0.15, -0.1) is 6.58 Å². The van der Waals surface area contributed by atoms with E-state index in [0.29, 0.717) is 29.9 Å². The second-order valence-electron chi connectivity index (χ2n) is 6.63. The van der Waals surface area contributed by atoms with Crippen molar-refractivity contribution < 1.29 is 9.32 Å². The molecule has 1 fully saturated rings. The number of aliphatic hydroxyl groups is 1. The fraction of sp³-hybridized carbons (Fsp3) is 0.588. The SMILES string of the molecule is C=CCS(=O)CC(O)CN1C[C@@H]2C[C@@H](C1)c1cccc(=O)n1C2. The summed E-state index contributed by atoms with van der Waals surface area (Å²) < 4.78 is 13.6. The van der Waals surface area contributed by atoms with Crippen LogP contribution in [0.3, 0.4) is 0 Å². The van der Waals surface area contributed by atoms with Gasteiger partial charge in [0.2, 0.25) is 0 Å². The van der Waals surface area contributed by atoms with Crippen LogP contribution in [-0.2, 0) is 17.3 Å². The molecule has 3 heterocycles. The Kier molecular flexibility index (Phi) is 5.14. The van der Waals surface area contributed by atoms with Crippen LogP contribution < -0.4 is 5.56 Å². The number of likely N-dealkylation sites (tertiary alicyclic amines) is 1. The van der Waals surface area contributed by atoms with Gasteiger partial charge in [-0.3, -0.25) is 13.9 Å². The maximum atomic E-state index is 12.0. The zero-order chi connectivity index (χ0) is 16.4. The molecular weight excluding hydrogens is 312 g/mol. The molecule has 1 aromatic rings. The quantitative estimate of drug-likeness (QED) is 0.771. The summed E-state index contributed by atoms with van der Waals surface area (Å²) in [5.41, 5.74) is 1.20. The van der Waals surface area contributed by atoms with Crippen LogP contribution in [0, 0.1) is 5.92 Å². The number of nitrogens with zero attached hydrogens (tertiary/aromatic N) is 2. The van der Waals surface area contributed by atoms with Crippen LogP contribution in [0.2, 0.25) is 0 Å². The average molecular weight is 336 g/mol. The van der Waals surface area contributed by atoms with Crippen molar-refractivity contribution in [2.75, 3.05) is 31.1 Å². The number of rotatable bonds is 6. The number of pyridine rings is 1. The number of β-amino-alcohol motifs (C(OH)–C–C–N with tert-alkyl or cyclic N) is 1. The number of aromatic nitrogens is 1. The van der Waals surface area contributed by atoms with Gasteiger partial charge in [0.25, 0.3) is 5.56 Å². The lowest BCUT2D eigenvalue weighted by molar-refractivity contribution is 0.0714. The Morgan fingerprint density at radius 2 is 2.22 bits per heavy atom. The third kappa shape index (κ3) is 3.82. The van der Waals surface area contributed by atoms with Crippen LogP contribution in [0.5, 0.6) is 0 Å². The number of aliphatic hydroxyl groups excluding tert-OH is 1. The molecule has 2 unspecified atom stereocenters.